The van der Waals surface area contributed by atoms with E-state index in [0.29, 0.717) is 0 Å². The molecule has 5 heteroatoms. The number of unbranched alkanes of at least 4 members (excludes halogenated alkanes) is 1. The molecular formula is C14H29N3O2. The maximum atomic E-state index is 12.0. The lowest BCUT2D eigenvalue weighted by molar-refractivity contribution is -0.126. The summed E-state index contributed by atoms with van der Waals surface area (Å²) in [4.78, 5) is 16.4. The van der Waals surface area contributed by atoms with Crippen LogP contribution in [0.3, 0.4) is 0 Å². The van der Waals surface area contributed by atoms with Crippen LogP contribution in [0.2, 0.25) is 0 Å². The number of aliphatic hydroxyl groups excluding tert-OH is 1. The van der Waals surface area contributed by atoms with E-state index in [1.807, 2.05) is 14.1 Å². The smallest absolute Gasteiger partial charge is 0.223 e. The van der Waals surface area contributed by atoms with Gasteiger partial charge in [0.1, 0.15) is 0 Å². The van der Waals surface area contributed by atoms with Crippen LogP contribution in [0.25, 0.3) is 0 Å². The minimum Gasteiger partial charge on any atom is -0.396 e. The second-order valence-corrected chi connectivity index (χ2v) is 5.64. The molecular weight excluding hydrogens is 242 g/mol. The van der Waals surface area contributed by atoms with Gasteiger partial charge >= 0.3 is 0 Å². The second-order valence-electron chi connectivity index (χ2n) is 5.64. The van der Waals surface area contributed by atoms with Gasteiger partial charge in [-0.25, -0.2) is 0 Å². The highest BCUT2D eigenvalue weighted by atomic mass is 16.2. The molecule has 0 aromatic heterocycles. The third-order valence-electron chi connectivity index (χ3n) is 3.70. The first-order chi connectivity index (χ1) is 9.13. The lowest BCUT2D eigenvalue weighted by atomic mass is 9.96. The number of hydrogen-bond acceptors (Lipinski definition) is 4. The fourth-order valence-electron chi connectivity index (χ4n) is 2.41. The van der Waals surface area contributed by atoms with Crippen molar-refractivity contribution in [3.8, 4) is 0 Å². The molecule has 0 bridgehead atoms. The first-order valence-corrected chi connectivity index (χ1v) is 7.39. The lowest BCUT2D eigenvalue weighted by Crippen LogP contribution is -2.42. The van der Waals surface area contributed by atoms with Crippen LogP contribution in [0.1, 0.15) is 25.7 Å². The minimum atomic E-state index is 0.191. The molecule has 0 saturated carbocycles. The number of hydrogen-bond donors (Lipinski definition) is 2. The third kappa shape index (κ3) is 6.89. The Balaban J connectivity index is 2.12. The fourth-order valence-corrected chi connectivity index (χ4v) is 2.41. The van der Waals surface area contributed by atoms with E-state index < -0.39 is 0 Å². The molecule has 0 radical (unpaired) electrons. The molecule has 1 amide bonds. The summed E-state index contributed by atoms with van der Waals surface area (Å²) >= 11 is 0. The maximum Gasteiger partial charge on any atom is 0.223 e. The summed E-state index contributed by atoms with van der Waals surface area (Å²) in [5, 5.41) is 11.8. The monoisotopic (exact) mass is 271 g/mol. The van der Waals surface area contributed by atoms with Gasteiger partial charge in [0.25, 0.3) is 0 Å². The lowest BCUT2D eigenvalue weighted by Gasteiger charge is -2.31. The number of amides is 1. The average molecular weight is 271 g/mol. The van der Waals surface area contributed by atoms with Crippen LogP contribution < -0.4 is 5.32 Å². The van der Waals surface area contributed by atoms with Gasteiger partial charge < -0.3 is 20.2 Å². The number of likely N-dealkylation sites (N-methyl/N-ethyl adjacent to an activating group) is 1. The highest BCUT2D eigenvalue weighted by molar-refractivity contribution is 5.78. The van der Waals surface area contributed by atoms with Crippen molar-refractivity contribution in [2.75, 3.05) is 53.4 Å². The van der Waals surface area contributed by atoms with E-state index in [-0.39, 0.29) is 18.4 Å². The zero-order valence-electron chi connectivity index (χ0n) is 12.4. The summed E-state index contributed by atoms with van der Waals surface area (Å²) in [6.45, 7) is 4.99. The summed E-state index contributed by atoms with van der Waals surface area (Å²) < 4.78 is 0. The number of nitrogens with zero attached hydrogens (tertiary/aromatic N) is 2. The molecule has 0 spiro atoms. The van der Waals surface area contributed by atoms with Gasteiger partial charge in [0.2, 0.25) is 5.91 Å². The van der Waals surface area contributed by atoms with E-state index in [1.165, 1.54) is 0 Å². The Bertz CT molecular complexity index is 251. The zero-order chi connectivity index (χ0) is 14.1. The topological polar surface area (TPSA) is 55.8 Å². The molecule has 0 aliphatic carbocycles. The van der Waals surface area contributed by atoms with Gasteiger partial charge in [-0.05, 0) is 59.4 Å². The van der Waals surface area contributed by atoms with Crippen LogP contribution in [-0.2, 0) is 4.79 Å². The third-order valence-corrected chi connectivity index (χ3v) is 3.70. The van der Waals surface area contributed by atoms with Crippen molar-refractivity contribution in [2.45, 2.75) is 25.7 Å². The van der Waals surface area contributed by atoms with Gasteiger partial charge in [-0.15, -0.1) is 0 Å². The molecule has 0 unspecified atom stereocenters. The van der Waals surface area contributed by atoms with Gasteiger partial charge in [-0.3, -0.25) is 4.79 Å². The number of likely N-dealkylation sites (tertiary alicyclic amines) is 1. The van der Waals surface area contributed by atoms with Crippen molar-refractivity contribution in [2.24, 2.45) is 5.92 Å². The number of rotatable bonds is 8. The van der Waals surface area contributed by atoms with E-state index in [9.17, 15) is 4.79 Å². The molecule has 1 saturated heterocycles. The molecule has 1 rings (SSSR count). The normalized spacial score (nSPS) is 17.9. The van der Waals surface area contributed by atoms with E-state index in [4.69, 9.17) is 5.11 Å². The largest absolute Gasteiger partial charge is 0.396 e. The molecule has 1 fully saturated rings. The van der Waals surface area contributed by atoms with E-state index in [2.05, 4.69) is 15.1 Å². The Morgan fingerprint density at radius 2 is 2.00 bits per heavy atom. The van der Waals surface area contributed by atoms with Gasteiger partial charge in [-0.2, -0.15) is 0 Å². The Kier molecular flexibility index (Phi) is 8.02. The molecule has 0 atom stereocenters. The second kappa shape index (κ2) is 9.28. The molecule has 1 heterocycles. The van der Waals surface area contributed by atoms with Gasteiger partial charge in [-0.1, -0.05) is 0 Å². The summed E-state index contributed by atoms with van der Waals surface area (Å²) in [5.74, 6) is 0.410. The zero-order valence-corrected chi connectivity index (χ0v) is 12.4. The highest BCUT2D eigenvalue weighted by Gasteiger charge is 2.24. The molecule has 2 N–H and O–H groups in total. The van der Waals surface area contributed by atoms with Crippen molar-refractivity contribution >= 4 is 5.91 Å². The van der Waals surface area contributed by atoms with Crippen molar-refractivity contribution in [3.63, 3.8) is 0 Å². The Labute approximate surface area is 117 Å². The quantitative estimate of drug-likeness (QED) is 0.617. The average Bonchev–Trinajstić information content (AvgIpc) is 2.39. The fraction of sp³-hybridized carbons (Fsp3) is 0.929. The molecule has 0 aromatic carbocycles. The van der Waals surface area contributed by atoms with Gasteiger partial charge in [0, 0.05) is 25.6 Å². The Hall–Kier alpha value is -0.650. The molecule has 19 heavy (non-hydrogen) atoms. The molecule has 5 nitrogen and oxygen atoms in total. The highest BCUT2D eigenvalue weighted by Crippen LogP contribution is 2.17. The summed E-state index contributed by atoms with van der Waals surface area (Å²) in [6.07, 6.45) is 3.86. The maximum absolute atomic E-state index is 12.0. The SMILES string of the molecule is CN(C)CCNC(=O)C1CCN(CCCCO)CC1. The van der Waals surface area contributed by atoms with E-state index >= 15 is 0 Å². The summed E-state index contributed by atoms with van der Waals surface area (Å²) in [5.41, 5.74) is 0. The molecule has 112 valence electrons. The summed E-state index contributed by atoms with van der Waals surface area (Å²) in [6, 6.07) is 0. The van der Waals surface area contributed by atoms with Gasteiger partial charge in [0.05, 0.1) is 0 Å². The predicted molar refractivity (Wildman–Crippen MR) is 77.0 cm³/mol. The van der Waals surface area contributed by atoms with Crippen LogP contribution in [0, 0.1) is 5.92 Å². The Morgan fingerprint density at radius 3 is 2.58 bits per heavy atom. The van der Waals surface area contributed by atoms with Crippen LogP contribution in [-0.4, -0.2) is 74.2 Å². The molecule has 1 aliphatic heterocycles. The first kappa shape index (κ1) is 16.4. The van der Waals surface area contributed by atoms with Crippen LogP contribution in [0.15, 0.2) is 0 Å². The Morgan fingerprint density at radius 1 is 1.32 bits per heavy atom. The standard InChI is InChI=1S/C14H29N3O2/c1-16(2)11-7-15-14(19)13-5-9-17(10-6-13)8-3-4-12-18/h13,18H,3-12H2,1-2H3,(H,15,19). The van der Waals surface area contributed by atoms with Crippen molar-refractivity contribution < 1.29 is 9.90 Å². The molecule has 0 aromatic rings. The number of aliphatic hydroxyl groups is 1. The van der Waals surface area contributed by atoms with Crippen LogP contribution >= 0.6 is 0 Å². The van der Waals surface area contributed by atoms with E-state index in [1.54, 1.807) is 0 Å². The van der Waals surface area contributed by atoms with Crippen molar-refractivity contribution in [1.82, 2.24) is 15.1 Å². The van der Waals surface area contributed by atoms with E-state index in [0.717, 1.165) is 58.4 Å². The van der Waals surface area contributed by atoms with Crippen molar-refractivity contribution in [3.05, 3.63) is 0 Å². The number of carbonyl (C=O) groups excluding carboxylic acids is 1. The molecule has 1 aliphatic rings. The number of nitrogens with one attached hydrogen (secondary N) is 1. The number of carbonyl (C=O) groups is 1. The van der Waals surface area contributed by atoms with Crippen molar-refractivity contribution in [1.29, 1.82) is 0 Å². The van der Waals surface area contributed by atoms with Crippen LogP contribution in [0.4, 0.5) is 0 Å². The predicted octanol–water partition coefficient (Wildman–Crippen LogP) is 0.149. The first-order valence-electron chi connectivity index (χ1n) is 7.39. The van der Waals surface area contributed by atoms with Gasteiger partial charge in [0.15, 0.2) is 0 Å². The van der Waals surface area contributed by atoms with Crippen LogP contribution in [0.5, 0.6) is 0 Å². The summed E-state index contributed by atoms with van der Waals surface area (Å²) in [7, 11) is 4.02. The number of piperidine rings is 1. The minimum absolute atomic E-state index is 0.191.